The molecule has 1 amide bonds. The zero-order valence-corrected chi connectivity index (χ0v) is 19.9. The van der Waals surface area contributed by atoms with Crippen LogP contribution in [-0.4, -0.2) is 30.0 Å². The first-order valence-electron chi connectivity index (χ1n) is 11.1. The minimum Gasteiger partial charge on any atom is -0.388 e. The molecule has 0 saturated carbocycles. The Morgan fingerprint density at radius 3 is 2.64 bits per heavy atom. The van der Waals surface area contributed by atoms with Crippen LogP contribution < -0.4 is 16.0 Å². The van der Waals surface area contributed by atoms with Crippen molar-refractivity contribution in [1.82, 2.24) is 15.3 Å². The molecular weight excluding hydrogens is 430 g/mol. The van der Waals surface area contributed by atoms with Crippen molar-refractivity contribution < 1.29 is 4.79 Å². The molecule has 0 spiro atoms. The van der Waals surface area contributed by atoms with Crippen molar-refractivity contribution >= 4 is 39.5 Å². The average molecular weight is 462 g/mol. The third kappa shape index (κ3) is 6.52. The first-order chi connectivity index (χ1) is 16.2. The van der Waals surface area contributed by atoms with Crippen LogP contribution in [0.5, 0.6) is 0 Å². The molecule has 172 valence electrons. The first-order valence-corrected chi connectivity index (χ1v) is 11.9. The van der Waals surface area contributed by atoms with E-state index in [9.17, 15) is 4.79 Å². The van der Waals surface area contributed by atoms with Crippen molar-refractivity contribution in [1.29, 1.82) is 0 Å². The Balaban J connectivity index is 0.000000292. The molecule has 1 aromatic carbocycles. The van der Waals surface area contributed by atoms with Crippen LogP contribution in [0.3, 0.4) is 0 Å². The van der Waals surface area contributed by atoms with E-state index in [1.807, 2.05) is 18.4 Å². The maximum Gasteiger partial charge on any atom is 0.211 e. The molecular formula is C26H31N5OS. The molecule has 7 heteroatoms. The summed E-state index contributed by atoms with van der Waals surface area (Å²) in [6.07, 6.45) is 13.0. The van der Waals surface area contributed by atoms with E-state index in [1.165, 1.54) is 53.1 Å². The van der Waals surface area contributed by atoms with Gasteiger partial charge in [0.1, 0.15) is 17.0 Å². The molecule has 3 N–H and O–H groups in total. The van der Waals surface area contributed by atoms with Crippen molar-refractivity contribution in [2.24, 2.45) is 0 Å². The van der Waals surface area contributed by atoms with E-state index in [2.05, 4.69) is 63.3 Å². The number of aromatic nitrogens is 2. The molecule has 0 aliphatic heterocycles. The Hall–Kier alpha value is -3.45. The van der Waals surface area contributed by atoms with Gasteiger partial charge in [-0.25, -0.2) is 9.97 Å². The standard InChI is InChI=1S/C19H22N4S.C7H9NO/c1-20-14-8-6-13(7-9-14)10-11-21-18-17-15-4-2-3-5-16(15)24-19(17)23-12-22-18;1-3-5-7(4-2)8-6-9/h6-9,12,20H,2-5,10-11H2,1H3,(H,21,22,23);3-6H,1-2H2,(H,8,9)/b;7-5+. The van der Waals surface area contributed by atoms with Crippen LogP contribution in [0.25, 0.3) is 10.2 Å². The van der Waals surface area contributed by atoms with Gasteiger partial charge >= 0.3 is 0 Å². The number of amides is 1. The van der Waals surface area contributed by atoms with E-state index in [0.717, 1.165) is 29.3 Å². The maximum absolute atomic E-state index is 9.81. The van der Waals surface area contributed by atoms with Crippen molar-refractivity contribution in [2.75, 3.05) is 24.2 Å². The smallest absolute Gasteiger partial charge is 0.211 e. The third-order valence-corrected chi connectivity index (χ3v) is 6.64. The fourth-order valence-corrected chi connectivity index (χ4v) is 4.99. The summed E-state index contributed by atoms with van der Waals surface area (Å²) in [6, 6.07) is 8.59. The second-order valence-corrected chi connectivity index (χ2v) is 8.64. The predicted octanol–water partition coefficient (Wildman–Crippen LogP) is 5.25. The van der Waals surface area contributed by atoms with E-state index in [4.69, 9.17) is 0 Å². The van der Waals surface area contributed by atoms with Gasteiger partial charge in [-0.1, -0.05) is 31.4 Å². The van der Waals surface area contributed by atoms with Gasteiger partial charge in [-0.15, -0.1) is 11.3 Å². The van der Waals surface area contributed by atoms with E-state index >= 15 is 0 Å². The fraction of sp³-hybridized carbons (Fsp3) is 0.269. The lowest BCUT2D eigenvalue weighted by Gasteiger charge is -2.12. The monoisotopic (exact) mass is 461 g/mol. The minimum atomic E-state index is 0.594. The zero-order valence-electron chi connectivity index (χ0n) is 19.1. The lowest BCUT2D eigenvalue weighted by molar-refractivity contribution is -0.108. The van der Waals surface area contributed by atoms with Crippen molar-refractivity contribution in [2.45, 2.75) is 32.1 Å². The number of benzene rings is 1. The Kier molecular flexibility index (Phi) is 9.20. The molecule has 6 nitrogen and oxygen atoms in total. The predicted molar refractivity (Wildman–Crippen MR) is 140 cm³/mol. The number of thiophene rings is 1. The van der Waals surface area contributed by atoms with Gasteiger partial charge in [-0.2, -0.15) is 0 Å². The van der Waals surface area contributed by atoms with E-state index < -0.39 is 0 Å². The van der Waals surface area contributed by atoms with Crippen molar-refractivity contribution in [3.05, 3.63) is 83.7 Å². The summed E-state index contributed by atoms with van der Waals surface area (Å²) in [4.78, 5) is 21.5. The molecule has 4 rings (SSSR count). The van der Waals surface area contributed by atoms with Gasteiger partial charge in [0.2, 0.25) is 6.41 Å². The second kappa shape index (κ2) is 12.6. The number of hydrogen-bond donors (Lipinski definition) is 3. The van der Waals surface area contributed by atoms with Gasteiger partial charge in [-0.05, 0) is 67.5 Å². The highest BCUT2D eigenvalue weighted by Gasteiger charge is 2.19. The van der Waals surface area contributed by atoms with E-state index in [0.29, 0.717) is 12.1 Å². The highest BCUT2D eigenvalue weighted by Crippen LogP contribution is 2.38. The lowest BCUT2D eigenvalue weighted by Crippen LogP contribution is -2.08. The molecule has 0 unspecified atom stereocenters. The number of nitrogens with zero attached hydrogens (tertiary/aromatic N) is 2. The number of carbonyl (C=O) groups excluding carboxylic acids is 1. The van der Waals surface area contributed by atoms with Crippen molar-refractivity contribution in [3.8, 4) is 0 Å². The Bertz CT molecular complexity index is 1120. The van der Waals surface area contributed by atoms with Crippen LogP contribution in [0, 0.1) is 0 Å². The first kappa shape index (κ1) is 24.2. The number of anilines is 2. The van der Waals surface area contributed by atoms with Crippen LogP contribution in [0.15, 0.2) is 67.7 Å². The number of nitrogens with one attached hydrogen (secondary N) is 3. The zero-order chi connectivity index (χ0) is 23.5. The Labute approximate surface area is 199 Å². The average Bonchev–Trinajstić information content (AvgIpc) is 3.24. The quantitative estimate of drug-likeness (QED) is 0.299. The maximum atomic E-state index is 9.81. The fourth-order valence-electron chi connectivity index (χ4n) is 3.76. The molecule has 2 heterocycles. The SMILES string of the molecule is C=C/C=C(\C=C)NC=O.CNc1ccc(CCNc2ncnc3sc4c(c23)CCCC4)cc1. The Morgan fingerprint density at radius 1 is 1.15 bits per heavy atom. The lowest BCUT2D eigenvalue weighted by atomic mass is 9.97. The van der Waals surface area contributed by atoms with Crippen molar-refractivity contribution in [3.63, 3.8) is 0 Å². The summed E-state index contributed by atoms with van der Waals surface area (Å²) in [5, 5.41) is 10.4. The summed E-state index contributed by atoms with van der Waals surface area (Å²) < 4.78 is 0. The number of carbonyl (C=O) groups is 1. The molecule has 0 fully saturated rings. The molecule has 33 heavy (non-hydrogen) atoms. The molecule has 3 aromatic rings. The number of allylic oxidation sites excluding steroid dienone is 3. The van der Waals surface area contributed by atoms with E-state index in [-0.39, 0.29) is 0 Å². The molecule has 0 bridgehead atoms. The Morgan fingerprint density at radius 2 is 1.94 bits per heavy atom. The largest absolute Gasteiger partial charge is 0.388 e. The highest BCUT2D eigenvalue weighted by molar-refractivity contribution is 7.19. The van der Waals surface area contributed by atoms with Crippen LogP contribution in [0.1, 0.15) is 28.8 Å². The summed E-state index contributed by atoms with van der Waals surface area (Å²) in [5.74, 6) is 1.01. The van der Waals surface area contributed by atoms with Gasteiger partial charge < -0.3 is 16.0 Å². The van der Waals surface area contributed by atoms with Gasteiger partial charge in [0, 0.05) is 29.9 Å². The van der Waals surface area contributed by atoms with Gasteiger partial charge in [-0.3, -0.25) is 4.79 Å². The van der Waals surface area contributed by atoms with Crippen LogP contribution >= 0.6 is 11.3 Å². The van der Waals surface area contributed by atoms with Gasteiger partial charge in [0.05, 0.1) is 5.39 Å². The summed E-state index contributed by atoms with van der Waals surface area (Å²) in [5.41, 5.74) is 4.62. The number of fused-ring (bicyclic) bond motifs is 3. The van der Waals surface area contributed by atoms with Gasteiger partial charge in [0.15, 0.2) is 0 Å². The van der Waals surface area contributed by atoms with Crippen LogP contribution in [0.2, 0.25) is 0 Å². The topological polar surface area (TPSA) is 78.9 Å². The van der Waals surface area contributed by atoms with Gasteiger partial charge in [0.25, 0.3) is 0 Å². The normalized spacial score (nSPS) is 12.7. The molecule has 2 aromatic heterocycles. The summed E-state index contributed by atoms with van der Waals surface area (Å²) in [6.45, 7) is 7.80. The number of hydrogen-bond acceptors (Lipinski definition) is 6. The molecule has 0 atom stereocenters. The molecule has 0 radical (unpaired) electrons. The third-order valence-electron chi connectivity index (χ3n) is 5.44. The van der Waals surface area contributed by atoms with E-state index in [1.54, 1.807) is 18.5 Å². The molecule has 0 saturated heterocycles. The van der Waals surface area contributed by atoms with Crippen LogP contribution in [-0.2, 0) is 24.1 Å². The number of aryl methyl sites for hydroxylation is 2. The highest BCUT2D eigenvalue weighted by atomic mass is 32.1. The molecule has 1 aliphatic rings. The summed E-state index contributed by atoms with van der Waals surface area (Å²) >= 11 is 1.85. The molecule has 1 aliphatic carbocycles. The number of rotatable bonds is 9. The summed E-state index contributed by atoms with van der Waals surface area (Å²) in [7, 11) is 1.94. The minimum absolute atomic E-state index is 0.594. The van der Waals surface area contributed by atoms with Crippen LogP contribution in [0.4, 0.5) is 11.5 Å². The second-order valence-electron chi connectivity index (χ2n) is 7.56.